The van der Waals surface area contributed by atoms with Gasteiger partial charge >= 0.3 is 0 Å². The lowest BCUT2D eigenvalue weighted by molar-refractivity contribution is 0.399. The molecule has 0 aliphatic heterocycles. The first-order valence-corrected chi connectivity index (χ1v) is 3.35. The minimum absolute atomic E-state index is 0.317. The maximum absolute atomic E-state index is 5.70. The van der Waals surface area contributed by atoms with Gasteiger partial charge in [-0.05, 0) is 34.0 Å². The Morgan fingerprint density at radius 1 is 1.50 bits per heavy atom. The van der Waals surface area contributed by atoms with Crippen LogP contribution in [0, 0.1) is 0 Å². The van der Waals surface area contributed by atoms with Crippen molar-refractivity contribution in [3.63, 3.8) is 0 Å². The topological polar surface area (TPSA) is 3.24 Å². The summed E-state index contributed by atoms with van der Waals surface area (Å²) < 4.78 is 0. The number of hydrogen-bond acceptors (Lipinski definition) is 1. The van der Waals surface area contributed by atoms with E-state index in [1.807, 2.05) is 6.92 Å². The van der Waals surface area contributed by atoms with Gasteiger partial charge in [0.15, 0.2) is 0 Å². The van der Waals surface area contributed by atoms with Gasteiger partial charge in [0.25, 0.3) is 0 Å². The van der Waals surface area contributed by atoms with E-state index in [2.05, 4.69) is 19.0 Å². The van der Waals surface area contributed by atoms with Crippen molar-refractivity contribution in [2.75, 3.05) is 20.6 Å². The molecular formula is C6H14ClN. The van der Waals surface area contributed by atoms with Crippen LogP contribution in [0.25, 0.3) is 0 Å². The Kier molecular flexibility index (Phi) is 4.29. The average Bonchev–Trinajstić information content (AvgIpc) is 1.61. The van der Waals surface area contributed by atoms with Crippen molar-refractivity contribution in [3.05, 3.63) is 0 Å². The van der Waals surface area contributed by atoms with Gasteiger partial charge in [-0.3, -0.25) is 0 Å². The van der Waals surface area contributed by atoms with Gasteiger partial charge in [-0.25, -0.2) is 0 Å². The molecule has 0 saturated heterocycles. The van der Waals surface area contributed by atoms with Crippen LogP contribution in [0.2, 0.25) is 0 Å². The maximum Gasteiger partial charge on any atom is 0.0320 e. The summed E-state index contributed by atoms with van der Waals surface area (Å²) in [6.45, 7) is 3.11. The molecule has 0 radical (unpaired) electrons. The van der Waals surface area contributed by atoms with Gasteiger partial charge in [-0.2, -0.15) is 0 Å². The van der Waals surface area contributed by atoms with Crippen LogP contribution in [0.3, 0.4) is 0 Å². The lowest BCUT2D eigenvalue weighted by atomic mass is 10.3. The molecule has 1 nitrogen and oxygen atoms in total. The largest absolute Gasteiger partial charge is 0.309 e. The van der Waals surface area contributed by atoms with E-state index in [0.717, 1.165) is 13.0 Å². The molecule has 0 bridgehead atoms. The summed E-state index contributed by atoms with van der Waals surface area (Å²) in [5.41, 5.74) is 0. The van der Waals surface area contributed by atoms with Crippen molar-refractivity contribution in [2.45, 2.75) is 18.7 Å². The minimum atomic E-state index is 0.317. The van der Waals surface area contributed by atoms with Crippen molar-refractivity contribution in [1.29, 1.82) is 0 Å². The molecule has 0 heterocycles. The third kappa shape index (κ3) is 6.25. The van der Waals surface area contributed by atoms with Gasteiger partial charge in [0, 0.05) is 5.38 Å². The van der Waals surface area contributed by atoms with Crippen molar-refractivity contribution in [3.8, 4) is 0 Å². The summed E-state index contributed by atoms with van der Waals surface area (Å²) in [6, 6.07) is 0. The Hall–Kier alpha value is 0.250. The molecule has 1 atom stereocenters. The molecule has 0 aliphatic rings. The number of halogens is 1. The standard InChI is InChI=1S/C6H14ClN/c1-6(7)4-5-8(2)3/h6H,4-5H2,1-3H3. The third-order valence-electron chi connectivity index (χ3n) is 0.974. The zero-order chi connectivity index (χ0) is 6.57. The number of hydrogen-bond donors (Lipinski definition) is 0. The van der Waals surface area contributed by atoms with Gasteiger partial charge in [0.05, 0.1) is 0 Å². The highest BCUT2D eigenvalue weighted by Gasteiger charge is 1.95. The monoisotopic (exact) mass is 135 g/mol. The van der Waals surface area contributed by atoms with Crippen LogP contribution in [0.15, 0.2) is 0 Å². The fraction of sp³-hybridized carbons (Fsp3) is 1.00. The second-order valence-corrected chi connectivity index (χ2v) is 3.12. The zero-order valence-corrected chi connectivity index (χ0v) is 6.57. The minimum Gasteiger partial charge on any atom is -0.309 e. The van der Waals surface area contributed by atoms with E-state index >= 15 is 0 Å². The van der Waals surface area contributed by atoms with E-state index in [-0.39, 0.29) is 0 Å². The molecule has 0 aromatic carbocycles. The van der Waals surface area contributed by atoms with E-state index < -0.39 is 0 Å². The number of rotatable bonds is 3. The molecule has 0 fully saturated rings. The van der Waals surface area contributed by atoms with Crippen molar-refractivity contribution >= 4 is 11.6 Å². The van der Waals surface area contributed by atoms with Crippen LogP contribution < -0.4 is 0 Å². The first kappa shape index (κ1) is 8.25. The van der Waals surface area contributed by atoms with Crippen LogP contribution >= 0.6 is 11.6 Å². The Balaban J connectivity index is 2.93. The molecule has 0 spiro atoms. The molecule has 0 aliphatic carbocycles. The zero-order valence-electron chi connectivity index (χ0n) is 5.82. The fourth-order valence-electron chi connectivity index (χ4n) is 0.436. The van der Waals surface area contributed by atoms with E-state index in [9.17, 15) is 0 Å². The summed E-state index contributed by atoms with van der Waals surface area (Å²) in [5.74, 6) is 0. The number of nitrogens with zero attached hydrogens (tertiary/aromatic N) is 1. The summed E-state index contributed by atoms with van der Waals surface area (Å²) >= 11 is 5.70. The summed E-state index contributed by atoms with van der Waals surface area (Å²) in [5, 5.41) is 0.317. The second kappa shape index (κ2) is 4.16. The smallest absolute Gasteiger partial charge is 0.0320 e. The Morgan fingerprint density at radius 3 is 2.12 bits per heavy atom. The number of alkyl halides is 1. The van der Waals surface area contributed by atoms with E-state index in [4.69, 9.17) is 11.6 Å². The third-order valence-corrected chi connectivity index (χ3v) is 1.19. The first-order chi connectivity index (χ1) is 3.63. The lowest BCUT2D eigenvalue weighted by Crippen LogP contribution is -2.15. The molecule has 0 aromatic heterocycles. The van der Waals surface area contributed by atoms with E-state index in [1.54, 1.807) is 0 Å². The Bertz CT molecular complexity index is 44.5. The van der Waals surface area contributed by atoms with Crippen molar-refractivity contribution in [1.82, 2.24) is 4.90 Å². The second-order valence-electron chi connectivity index (χ2n) is 2.37. The SMILES string of the molecule is CC(Cl)CCN(C)C. The van der Waals surface area contributed by atoms with Crippen LogP contribution in [-0.2, 0) is 0 Å². The quantitative estimate of drug-likeness (QED) is 0.531. The molecule has 8 heavy (non-hydrogen) atoms. The van der Waals surface area contributed by atoms with Crippen molar-refractivity contribution in [2.24, 2.45) is 0 Å². The molecule has 1 unspecified atom stereocenters. The highest BCUT2D eigenvalue weighted by atomic mass is 35.5. The van der Waals surface area contributed by atoms with Gasteiger partial charge < -0.3 is 4.90 Å². The highest BCUT2D eigenvalue weighted by molar-refractivity contribution is 6.20. The van der Waals surface area contributed by atoms with Gasteiger partial charge in [0.2, 0.25) is 0 Å². The molecule has 0 aromatic rings. The molecule has 0 amide bonds. The van der Waals surface area contributed by atoms with Crippen LogP contribution in [-0.4, -0.2) is 30.9 Å². The highest BCUT2D eigenvalue weighted by Crippen LogP contribution is 1.98. The van der Waals surface area contributed by atoms with Crippen LogP contribution in [0.5, 0.6) is 0 Å². The Morgan fingerprint density at radius 2 is 2.00 bits per heavy atom. The van der Waals surface area contributed by atoms with Gasteiger partial charge in [0.1, 0.15) is 0 Å². The normalized spacial score (nSPS) is 14.6. The maximum atomic E-state index is 5.70. The first-order valence-electron chi connectivity index (χ1n) is 2.91. The van der Waals surface area contributed by atoms with Gasteiger partial charge in [-0.1, -0.05) is 0 Å². The fourth-order valence-corrected chi connectivity index (χ4v) is 0.534. The van der Waals surface area contributed by atoms with Crippen molar-refractivity contribution < 1.29 is 0 Å². The molecule has 0 N–H and O–H groups in total. The summed E-state index contributed by atoms with van der Waals surface area (Å²) in [7, 11) is 4.11. The lowest BCUT2D eigenvalue weighted by Gasteiger charge is -2.09. The predicted octanol–water partition coefficient (Wildman–Crippen LogP) is 1.57. The molecule has 0 rings (SSSR count). The van der Waals surface area contributed by atoms with E-state index in [0.29, 0.717) is 5.38 Å². The van der Waals surface area contributed by atoms with Crippen LogP contribution in [0.4, 0.5) is 0 Å². The molecule has 0 saturated carbocycles. The molecular weight excluding hydrogens is 122 g/mol. The van der Waals surface area contributed by atoms with Gasteiger partial charge in [-0.15, -0.1) is 11.6 Å². The average molecular weight is 136 g/mol. The Labute approximate surface area is 56.6 Å². The predicted molar refractivity (Wildman–Crippen MR) is 38.5 cm³/mol. The molecule has 50 valence electrons. The summed E-state index contributed by atoms with van der Waals surface area (Å²) in [4.78, 5) is 2.14. The summed E-state index contributed by atoms with van der Waals surface area (Å²) in [6.07, 6.45) is 1.08. The van der Waals surface area contributed by atoms with Crippen LogP contribution in [0.1, 0.15) is 13.3 Å². The van der Waals surface area contributed by atoms with E-state index in [1.165, 1.54) is 0 Å². The molecule has 2 heteroatoms.